The van der Waals surface area contributed by atoms with Crippen LogP contribution in [0, 0.1) is 5.92 Å². The van der Waals surface area contributed by atoms with Gasteiger partial charge in [0.05, 0.1) is 15.7 Å². The third-order valence-corrected chi connectivity index (χ3v) is 5.69. The highest BCUT2D eigenvalue weighted by atomic mass is 35.5. The highest BCUT2D eigenvalue weighted by Gasteiger charge is 2.30. The molecular formula is C18H16ClNS. The van der Waals surface area contributed by atoms with Crippen LogP contribution in [-0.2, 0) is 6.42 Å². The predicted octanol–water partition coefficient (Wildman–Crippen LogP) is 5.69. The van der Waals surface area contributed by atoms with Crippen molar-refractivity contribution in [1.82, 2.24) is 4.98 Å². The summed E-state index contributed by atoms with van der Waals surface area (Å²) in [6.45, 7) is 0. The van der Waals surface area contributed by atoms with E-state index in [2.05, 4.69) is 35.3 Å². The molecule has 1 aliphatic rings. The molecule has 2 aromatic carbocycles. The van der Waals surface area contributed by atoms with Crippen molar-refractivity contribution in [3.63, 3.8) is 0 Å². The second kappa shape index (κ2) is 5.43. The second-order valence-corrected chi connectivity index (χ2v) is 7.20. The van der Waals surface area contributed by atoms with Crippen molar-refractivity contribution in [1.29, 1.82) is 0 Å². The third-order valence-electron chi connectivity index (χ3n) is 4.52. The summed E-state index contributed by atoms with van der Waals surface area (Å²) in [5.41, 5.74) is 6.00. The van der Waals surface area contributed by atoms with Gasteiger partial charge in [-0.3, -0.25) is 0 Å². The quantitative estimate of drug-likeness (QED) is 0.605. The van der Waals surface area contributed by atoms with Gasteiger partial charge in [0.15, 0.2) is 0 Å². The molecule has 1 aromatic heterocycles. The topological polar surface area (TPSA) is 12.9 Å². The molecule has 106 valence electrons. The molecule has 0 amide bonds. The highest BCUT2D eigenvalue weighted by molar-refractivity contribution is 7.16. The van der Waals surface area contributed by atoms with E-state index >= 15 is 0 Å². The maximum Gasteiger partial charge on any atom is 0.0814 e. The van der Waals surface area contributed by atoms with Gasteiger partial charge in [0.1, 0.15) is 0 Å². The van der Waals surface area contributed by atoms with Crippen molar-refractivity contribution < 1.29 is 0 Å². The van der Waals surface area contributed by atoms with Gasteiger partial charge in [-0.05, 0) is 60.4 Å². The van der Waals surface area contributed by atoms with Crippen molar-refractivity contribution in [3.05, 3.63) is 64.1 Å². The van der Waals surface area contributed by atoms with E-state index in [4.69, 9.17) is 11.6 Å². The van der Waals surface area contributed by atoms with Gasteiger partial charge in [0.25, 0.3) is 0 Å². The van der Waals surface area contributed by atoms with Gasteiger partial charge in [0.2, 0.25) is 0 Å². The van der Waals surface area contributed by atoms with Gasteiger partial charge in [-0.15, -0.1) is 11.3 Å². The molecule has 0 bridgehead atoms. The van der Waals surface area contributed by atoms with Crippen LogP contribution in [0.15, 0.2) is 48.0 Å². The average Bonchev–Trinajstić information content (AvgIpc) is 2.93. The molecule has 0 saturated heterocycles. The van der Waals surface area contributed by atoms with E-state index in [9.17, 15) is 0 Å². The van der Waals surface area contributed by atoms with Crippen LogP contribution < -0.4 is 0 Å². The molecule has 1 heterocycles. The first-order chi connectivity index (χ1) is 10.3. The zero-order valence-electron chi connectivity index (χ0n) is 11.6. The van der Waals surface area contributed by atoms with Gasteiger partial charge in [-0.25, -0.2) is 4.98 Å². The highest BCUT2D eigenvalue weighted by Crippen LogP contribution is 2.44. The largest absolute Gasteiger partial charge is 0.245 e. The first-order valence-electron chi connectivity index (χ1n) is 7.36. The number of rotatable bonds is 3. The molecule has 1 aliphatic carbocycles. The summed E-state index contributed by atoms with van der Waals surface area (Å²) in [4.78, 5) is 4.41. The summed E-state index contributed by atoms with van der Waals surface area (Å²) < 4.78 is 1.37. The Morgan fingerprint density at radius 2 is 1.90 bits per heavy atom. The molecule has 21 heavy (non-hydrogen) atoms. The summed E-state index contributed by atoms with van der Waals surface area (Å²) in [5.74, 6) is 1.52. The van der Waals surface area contributed by atoms with Crippen molar-refractivity contribution >= 4 is 33.2 Å². The van der Waals surface area contributed by atoms with E-state index in [1.54, 1.807) is 11.3 Å². The minimum atomic E-state index is 0.716. The fourth-order valence-corrected chi connectivity index (χ4v) is 4.27. The number of fused-ring (bicyclic) bond motifs is 1. The smallest absolute Gasteiger partial charge is 0.0814 e. The number of benzene rings is 2. The zero-order chi connectivity index (χ0) is 14.2. The standard InChI is InChI=1S/C18H16ClNS/c19-16-6-4-13(5-7-16)15-9-12(10-15)8-14-2-1-3-17-18(14)21-11-20-17/h1-7,11-12,15H,8-10H2. The Hall–Kier alpha value is -1.38. The average molecular weight is 314 g/mol. The SMILES string of the molecule is Clc1ccc(C2CC(Cc3cccc4ncsc34)C2)cc1. The molecule has 0 atom stereocenters. The summed E-state index contributed by atoms with van der Waals surface area (Å²) in [5, 5.41) is 0.825. The third kappa shape index (κ3) is 2.58. The molecule has 0 unspecified atom stereocenters. The van der Waals surface area contributed by atoms with Gasteiger partial charge < -0.3 is 0 Å². The zero-order valence-corrected chi connectivity index (χ0v) is 13.2. The minimum absolute atomic E-state index is 0.716. The molecular weight excluding hydrogens is 298 g/mol. The maximum atomic E-state index is 5.95. The normalized spacial score (nSPS) is 21.4. The van der Waals surface area contributed by atoms with Crippen LogP contribution in [0.5, 0.6) is 0 Å². The Morgan fingerprint density at radius 1 is 1.10 bits per heavy atom. The van der Waals surface area contributed by atoms with Crippen molar-refractivity contribution in [2.24, 2.45) is 5.92 Å². The van der Waals surface area contributed by atoms with Crippen LogP contribution in [0.25, 0.3) is 10.2 Å². The van der Waals surface area contributed by atoms with Gasteiger partial charge >= 0.3 is 0 Å². The number of hydrogen-bond donors (Lipinski definition) is 0. The lowest BCUT2D eigenvalue weighted by atomic mass is 9.69. The molecule has 0 aliphatic heterocycles. The Morgan fingerprint density at radius 3 is 2.71 bits per heavy atom. The van der Waals surface area contributed by atoms with Crippen LogP contribution in [0.3, 0.4) is 0 Å². The molecule has 1 fully saturated rings. The Labute approximate surface area is 133 Å². The lowest BCUT2D eigenvalue weighted by Gasteiger charge is -2.36. The Balaban J connectivity index is 1.44. The van der Waals surface area contributed by atoms with Crippen LogP contribution in [0.4, 0.5) is 0 Å². The van der Waals surface area contributed by atoms with Crippen LogP contribution >= 0.6 is 22.9 Å². The molecule has 3 aromatic rings. The first kappa shape index (κ1) is 13.3. The van der Waals surface area contributed by atoms with E-state index < -0.39 is 0 Å². The molecule has 1 nitrogen and oxygen atoms in total. The van der Waals surface area contributed by atoms with E-state index in [0.29, 0.717) is 5.92 Å². The van der Waals surface area contributed by atoms with Gasteiger partial charge in [-0.2, -0.15) is 0 Å². The minimum Gasteiger partial charge on any atom is -0.245 e. The predicted molar refractivity (Wildman–Crippen MR) is 90.2 cm³/mol. The van der Waals surface area contributed by atoms with Gasteiger partial charge in [0, 0.05) is 5.02 Å². The lowest BCUT2D eigenvalue weighted by Crippen LogP contribution is -2.23. The Kier molecular flexibility index (Phi) is 3.44. The fourth-order valence-electron chi connectivity index (χ4n) is 3.33. The summed E-state index contributed by atoms with van der Waals surface area (Å²) >= 11 is 7.72. The van der Waals surface area contributed by atoms with Crippen LogP contribution in [-0.4, -0.2) is 4.98 Å². The van der Waals surface area contributed by atoms with E-state index in [0.717, 1.165) is 16.5 Å². The number of hydrogen-bond acceptors (Lipinski definition) is 2. The fraction of sp³-hybridized carbons (Fsp3) is 0.278. The van der Waals surface area contributed by atoms with E-state index in [-0.39, 0.29) is 0 Å². The molecule has 3 heteroatoms. The summed E-state index contributed by atoms with van der Waals surface area (Å²) in [6.07, 6.45) is 3.76. The number of halogens is 1. The van der Waals surface area contributed by atoms with Crippen LogP contribution in [0.2, 0.25) is 5.02 Å². The van der Waals surface area contributed by atoms with Crippen molar-refractivity contribution in [3.8, 4) is 0 Å². The number of nitrogens with zero attached hydrogens (tertiary/aromatic N) is 1. The number of thiazole rings is 1. The Bertz CT molecular complexity index is 756. The van der Waals surface area contributed by atoms with E-state index in [1.807, 2.05) is 17.6 Å². The van der Waals surface area contributed by atoms with E-state index in [1.165, 1.54) is 35.1 Å². The summed E-state index contributed by atoms with van der Waals surface area (Å²) in [6, 6.07) is 14.8. The first-order valence-corrected chi connectivity index (χ1v) is 8.62. The summed E-state index contributed by atoms with van der Waals surface area (Å²) in [7, 11) is 0. The molecule has 0 N–H and O–H groups in total. The van der Waals surface area contributed by atoms with Crippen LogP contribution in [0.1, 0.15) is 29.9 Å². The molecule has 1 saturated carbocycles. The second-order valence-electron chi connectivity index (χ2n) is 5.91. The maximum absolute atomic E-state index is 5.95. The molecule has 4 rings (SSSR count). The molecule has 0 spiro atoms. The van der Waals surface area contributed by atoms with Crippen molar-refractivity contribution in [2.45, 2.75) is 25.2 Å². The van der Waals surface area contributed by atoms with Gasteiger partial charge in [-0.1, -0.05) is 35.9 Å². The van der Waals surface area contributed by atoms with Crippen molar-refractivity contribution in [2.75, 3.05) is 0 Å². The lowest BCUT2D eigenvalue weighted by molar-refractivity contribution is 0.263. The monoisotopic (exact) mass is 313 g/mol. The molecule has 0 radical (unpaired) electrons. The number of aromatic nitrogens is 1.